The van der Waals surface area contributed by atoms with Crippen LogP contribution in [0.4, 0.5) is 29.3 Å². The van der Waals surface area contributed by atoms with Gasteiger partial charge in [-0.05, 0) is 42.3 Å². The number of rotatable bonds is 2. The fourth-order valence-electron chi connectivity index (χ4n) is 2.94. The Morgan fingerprint density at radius 3 is 2.42 bits per heavy atom. The Hall–Kier alpha value is -2.70. The number of carboxylic acid groups (broad SMARTS) is 1. The van der Waals surface area contributed by atoms with E-state index in [4.69, 9.17) is 5.11 Å². The molecule has 0 spiro atoms. The third kappa shape index (κ3) is 3.29. The minimum Gasteiger partial charge on any atom is -0.465 e. The van der Waals surface area contributed by atoms with Crippen molar-refractivity contribution in [3.05, 3.63) is 59.7 Å². The number of halogens is 3. The van der Waals surface area contributed by atoms with E-state index < -0.39 is 17.8 Å². The first-order valence-electron chi connectivity index (χ1n) is 7.37. The molecule has 1 aliphatic rings. The highest BCUT2D eigenvalue weighted by molar-refractivity contribution is 5.70. The third-order valence-corrected chi connectivity index (χ3v) is 3.99. The van der Waals surface area contributed by atoms with Crippen LogP contribution in [-0.4, -0.2) is 23.8 Å². The highest BCUT2D eigenvalue weighted by Gasteiger charge is 2.31. The van der Waals surface area contributed by atoms with Crippen molar-refractivity contribution in [1.82, 2.24) is 5.32 Å². The molecule has 1 aliphatic heterocycles. The maximum absolute atomic E-state index is 12.7. The molecule has 0 fully saturated rings. The SMILES string of the molecule is O=C(O)NC1Cc2ccccc2N(c2ccc(C(F)(F)F)cc2)C1. The number of benzene rings is 2. The molecule has 1 unspecified atom stereocenters. The van der Waals surface area contributed by atoms with Crippen molar-refractivity contribution in [2.45, 2.75) is 18.6 Å². The molecule has 0 aliphatic carbocycles. The first kappa shape index (κ1) is 16.2. The van der Waals surface area contributed by atoms with Gasteiger partial charge in [0.25, 0.3) is 0 Å². The second-order valence-corrected chi connectivity index (χ2v) is 5.63. The lowest BCUT2D eigenvalue weighted by molar-refractivity contribution is -0.137. The molecule has 1 heterocycles. The van der Waals surface area contributed by atoms with Crippen molar-refractivity contribution in [2.75, 3.05) is 11.4 Å². The Balaban J connectivity index is 1.94. The van der Waals surface area contributed by atoms with Crippen molar-refractivity contribution in [3.63, 3.8) is 0 Å². The lowest BCUT2D eigenvalue weighted by Crippen LogP contribution is -2.46. The minimum atomic E-state index is -4.38. The lowest BCUT2D eigenvalue weighted by atomic mass is 9.97. The summed E-state index contributed by atoms with van der Waals surface area (Å²) in [5.41, 5.74) is 1.70. The summed E-state index contributed by atoms with van der Waals surface area (Å²) in [5.74, 6) is 0. The smallest absolute Gasteiger partial charge is 0.416 e. The number of anilines is 2. The van der Waals surface area contributed by atoms with Crippen molar-refractivity contribution in [1.29, 1.82) is 0 Å². The molecule has 1 amide bonds. The Morgan fingerprint density at radius 1 is 1.12 bits per heavy atom. The molecule has 0 aromatic heterocycles. The van der Waals surface area contributed by atoms with Crippen LogP contribution in [0, 0.1) is 0 Å². The summed E-state index contributed by atoms with van der Waals surface area (Å²) in [7, 11) is 0. The molecule has 2 aromatic carbocycles. The van der Waals surface area contributed by atoms with E-state index in [0.29, 0.717) is 18.7 Å². The molecule has 0 bridgehead atoms. The van der Waals surface area contributed by atoms with E-state index in [9.17, 15) is 18.0 Å². The highest BCUT2D eigenvalue weighted by atomic mass is 19.4. The molecule has 0 saturated heterocycles. The maximum Gasteiger partial charge on any atom is 0.416 e. The van der Waals surface area contributed by atoms with E-state index in [1.165, 1.54) is 12.1 Å². The van der Waals surface area contributed by atoms with Gasteiger partial charge in [-0.3, -0.25) is 0 Å². The molecule has 1 atom stereocenters. The summed E-state index contributed by atoms with van der Waals surface area (Å²) >= 11 is 0. The molecule has 3 rings (SSSR count). The van der Waals surface area contributed by atoms with Crippen LogP contribution in [0.25, 0.3) is 0 Å². The number of hydrogen-bond donors (Lipinski definition) is 2. The van der Waals surface area contributed by atoms with E-state index in [0.717, 1.165) is 23.4 Å². The number of alkyl halides is 3. The van der Waals surface area contributed by atoms with Gasteiger partial charge in [0, 0.05) is 17.9 Å². The van der Waals surface area contributed by atoms with Gasteiger partial charge in [0.2, 0.25) is 0 Å². The van der Waals surface area contributed by atoms with Gasteiger partial charge in [-0.2, -0.15) is 13.2 Å². The van der Waals surface area contributed by atoms with Crippen LogP contribution in [0.5, 0.6) is 0 Å². The van der Waals surface area contributed by atoms with Crippen molar-refractivity contribution in [3.8, 4) is 0 Å². The van der Waals surface area contributed by atoms with Gasteiger partial charge in [0.05, 0.1) is 11.6 Å². The average molecular weight is 336 g/mol. The normalized spacial score (nSPS) is 17.3. The Bertz CT molecular complexity index is 744. The predicted molar refractivity (Wildman–Crippen MR) is 83.5 cm³/mol. The van der Waals surface area contributed by atoms with Crippen LogP contribution in [0.2, 0.25) is 0 Å². The van der Waals surface area contributed by atoms with E-state index in [-0.39, 0.29) is 6.04 Å². The molecule has 0 radical (unpaired) electrons. The van der Waals surface area contributed by atoms with Gasteiger partial charge in [-0.15, -0.1) is 0 Å². The minimum absolute atomic E-state index is 0.334. The monoisotopic (exact) mass is 336 g/mol. The summed E-state index contributed by atoms with van der Waals surface area (Å²) in [4.78, 5) is 12.8. The van der Waals surface area contributed by atoms with Crippen molar-refractivity contribution >= 4 is 17.5 Å². The number of hydrogen-bond acceptors (Lipinski definition) is 2. The van der Waals surface area contributed by atoms with Crippen LogP contribution in [0.3, 0.4) is 0 Å². The number of nitrogens with one attached hydrogen (secondary N) is 1. The quantitative estimate of drug-likeness (QED) is 0.870. The van der Waals surface area contributed by atoms with E-state index >= 15 is 0 Å². The van der Waals surface area contributed by atoms with Crippen LogP contribution in [0.15, 0.2) is 48.5 Å². The number of para-hydroxylation sites is 1. The summed E-state index contributed by atoms with van der Waals surface area (Å²) in [5, 5.41) is 11.4. The summed E-state index contributed by atoms with van der Waals surface area (Å²) in [6.07, 6.45) is -4.96. The van der Waals surface area contributed by atoms with Crippen LogP contribution < -0.4 is 10.2 Å². The van der Waals surface area contributed by atoms with Gasteiger partial charge in [-0.25, -0.2) is 4.79 Å². The maximum atomic E-state index is 12.7. The first-order chi connectivity index (χ1) is 11.3. The van der Waals surface area contributed by atoms with Crippen molar-refractivity contribution < 1.29 is 23.1 Å². The summed E-state index contributed by atoms with van der Waals surface area (Å²) < 4.78 is 38.2. The number of amides is 1. The summed E-state index contributed by atoms with van der Waals surface area (Å²) in [6.45, 7) is 0.356. The fourth-order valence-corrected chi connectivity index (χ4v) is 2.94. The van der Waals surface area contributed by atoms with Gasteiger partial charge in [-0.1, -0.05) is 18.2 Å². The lowest BCUT2D eigenvalue weighted by Gasteiger charge is -2.36. The molecule has 2 aromatic rings. The van der Waals surface area contributed by atoms with Crippen molar-refractivity contribution in [2.24, 2.45) is 0 Å². The average Bonchev–Trinajstić information content (AvgIpc) is 2.53. The second-order valence-electron chi connectivity index (χ2n) is 5.63. The fraction of sp³-hybridized carbons (Fsp3) is 0.235. The summed E-state index contributed by atoms with van der Waals surface area (Å²) in [6, 6.07) is 12.0. The van der Waals surface area contributed by atoms with Gasteiger partial charge < -0.3 is 15.3 Å². The number of fused-ring (bicyclic) bond motifs is 1. The molecule has 0 saturated carbocycles. The standard InChI is InChI=1S/C17H15F3N2O2/c18-17(19,20)12-5-7-14(8-6-12)22-10-13(21-16(23)24)9-11-3-1-2-4-15(11)22/h1-8,13,21H,9-10H2,(H,23,24). The predicted octanol–water partition coefficient (Wildman–Crippen LogP) is 4.04. The molecular weight excluding hydrogens is 321 g/mol. The molecule has 126 valence electrons. The van der Waals surface area contributed by atoms with Crippen LogP contribution >= 0.6 is 0 Å². The van der Waals surface area contributed by atoms with E-state index in [2.05, 4.69) is 5.32 Å². The number of nitrogens with zero attached hydrogens (tertiary/aromatic N) is 1. The molecule has 24 heavy (non-hydrogen) atoms. The number of carbonyl (C=O) groups is 1. The first-order valence-corrected chi connectivity index (χ1v) is 7.37. The van der Waals surface area contributed by atoms with Crippen LogP contribution in [0.1, 0.15) is 11.1 Å². The Morgan fingerprint density at radius 2 is 1.79 bits per heavy atom. The van der Waals surface area contributed by atoms with Gasteiger partial charge in [0.15, 0.2) is 0 Å². The topological polar surface area (TPSA) is 52.6 Å². The van der Waals surface area contributed by atoms with E-state index in [1.54, 1.807) is 0 Å². The zero-order valence-corrected chi connectivity index (χ0v) is 12.5. The second kappa shape index (κ2) is 6.07. The van der Waals surface area contributed by atoms with Gasteiger partial charge >= 0.3 is 12.3 Å². The molecule has 2 N–H and O–H groups in total. The molecular formula is C17H15F3N2O2. The molecule has 4 nitrogen and oxygen atoms in total. The Kier molecular flexibility index (Phi) is 4.09. The van der Waals surface area contributed by atoms with Crippen LogP contribution in [-0.2, 0) is 12.6 Å². The zero-order valence-electron chi connectivity index (χ0n) is 12.5. The van der Waals surface area contributed by atoms with Gasteiger partial charge in [0.1, 0.15) is 0 Å². The zero-order chi connectivity index (χ0) is 17.3. The highest BCUT2D eigenvalue weighted by Crippen LogP contribution is 2.35. The van der Waals surface area contributed by atoms with E-state index in [1.807, 2.05) is 29.2 Å². The Labute approximate surface area is 136 Å². The molecule has 7 heteroatoms. The largest absolute Gasteiger partial charge is 0.465 e. The third-order valence-electron chi connectivity index (χ3n) is 3.99.